The first-order valence-corrected chi connectivity index (χ1v) is 9.44. The van der Waals surface area contributed by atoms with Crippen LogP contribution in [0.3, 0.4) is 0 Å². The first-order chi connectivity index (χ1) is 10.6. The number of alkyl carbamates (subject to hydrolysis) is 1. The van der Waals surface area contributed by atoms with E-state index in [-0.39, 0.29) is 10.8 Å². The van der Waals surface area contributed by atoms with E-state index in [1.165, 1.54) is 0 Å². The number of carbonyl (C=O) groups excluding carboxylic acids is 1. The van der Waals surface area contributed by atoms with Gasteiger partial charge in [-0.1, -0.05) is 24.1 Å². The van der Waals surface area contributed by atoms with Crippen LogP contribution in [-0.4, -0.2) is 25.5 Å². The van der Waals surface area contributed by atoms with E-state index < -0.39 is 26.9 Å². The van der Waals surface area contributed by atoms with Crippen LogP contribution in [0.25, 0.3) is 0 Å². The van der Waals surface area contributed by atoms with Gasteiger partial charge in [0.05, 0.1) is 4.90 Å². The predicted octanol–water partition coefficient (Wildman–Crippen LogP) is 3.42. The molecule has 1 aliphatic carbocycles. The molecular formula is C17H25NO4S. The normalized spacial score (nSPS) is 17.2. The van der Waals surface area contributed by atoms with E-state index in [0.717, 1.165) is 24.8 Å². The minimum atomic E-state index is -3.64. The molecule has 1 saturated carbocycles. The molecule has 1 aromatic carbocycles. The summed E-state index contributed by atoms with van der Waals surface area (Å²) in [4.78, 5) is 12.3. The van der Waals surface area contributed by atoms with Crippen molar-refractivity contribution in [3.63, 3.8) is 0 Å². The van der Waals surface area contributed by atoms with Crippen LogP contribution in [0.4, 0.5) is 4.79 Å². The van der Waals surface area contributed by atoms with Crippen LogP contribution in [0.2, 0.25) is 0 Å². The van der Waals surface area contributed by atoms with Gasteiger partial charge >= 0.3 is 6.09 Å². The molecule has 23 heavy (non-hydrogen) atoms. The average molecular weight is 339 g/mol. The van der Waals surface area contributed by atoms with Crippen molar-refractivity contribution in [1.82, 2.24) is 5.32 Å². The Morgan fingerprint density at radius 1 is 1.22 bits per heavy atom. The number of carbonyl (C=O) groups is 1. The molecule has 0 spiro atoms. The van der Waals surface area contributed by atoms with E-state index in [1.807, 2.05) is 6.92 Å². The Balaban J connectivity index is 2.24. The molecule has 0 heterocycles. The van der Waals surface area contributed by atoms with E-state index >= 15 is 0 Å². The number of benzene rings is 1. The number of amides is 1. The highest BCUT2D eigenvalue weighted by Gasteiger charge is 2.39. The Morgan fingerprint density at radius 3 is 2.22 bits per heavy atom. The molecule has 1 aromatic rings. The predicted molar refractivity (Wildman–Crippen MR) is 88.9 cm³/mol. The van der Waals surface area contributed by atoms with Gasteiger partial charge in [0.25, 0.3) is 0 Å². The summed E-state index contributed by atoms with van der Waals surface area (Å²) in [6.07, 6.45) is 1.89. The molecule has 6 heteroatoms. The van der Waals surface area contributed by atoms with Crippen molar-refractivity contribution in [2.24, 2.45) is 5.92 Å². The fourth-order valence-corrected chi connectivity index (χ4v) is 4.33. The quantitative estimate of drug-likeness (QED) is 0.912. The second kappa shape index (κ2) is 6.51. The van der Waals surface area contributed by atoms with Gasteiger partial charge in [0.1, 0.15) is 11.0 Å². The Kier molecular flexibility index (Phi) is 5.04. The van der Waals surface area contributed by atoms with Gasteiger partial charge in [0, 0.05) is 0 Å². The van der Waals surface area contributed by atoms with Gasteiger partial charge in [-0.2, -0.15) is 0 Å². The van der Waals surface area contributed by atoms with Crippen molar-refractivity contribution >= 4 is 15.9 Å². The standard InChI is InChI=1S/C17H25NO4S/c1-12-8-10-14(11-9-12)23(20,21)15(13-6-5-7-13)18-16(19)22-17(2,3)4/h8-11,13,15H,5-7H2,1-4H3,(H,18,19). The first kappa shape index (κ1) is 17.8. The molecule has 1 N–H and O–H groups in total. The molecule has 0 bridgehead atoms. The Bertz CT molecular complexity index is 655. The maximum atomic E-state index is 12.9. The van der Waals surface area contributed by atoms with Crippen molar-refractivity contribution in [2.45, 2.75) is 62.8 Å². The van der Waals surface area contributed by atoms with Crippen LogP contribution in [0, 0.1) is 12.8 Å². The molecule has 1 amide bonds. The Labute approximate surface area is 138 Å². The van der Waals surface area contributed by atoms with Crippen LogP contribution in [0.1, 0.15) is 45.6 Å². The average Bonchev–Trinajstić information content (AvgIpc) is 2.34. The lowest BCUT2D eigenvalue weighted by Crippen LogP contribution is -2.49. The summed E-state index contributed by atoms with van der Waals surface area (Å²) in [5.41, 5.74) is 0.325. The number of rotatable bonds is 4. The summed E-state index contributed by atoms with van der Waals surface area (Å²) >= 11 is 0. The van der Waals surface area contributed by atoms with Gasteiger partial charge in [-0.05, 0) is 58.6 Å². The highest BCUT2D eigenvalue weighted by molar-refractivity contribution is 7.92. The van der Waals surface area contributed by atoms with Gasteiger partial charge in [-0.3, -0.25) is 0 Å². The van der Waals surface area contributed by atoms with E-state index in [4.69, 9.17) is 4.74 Å². The second-order valence-corrected chi connectivity index (χ2v) is 9.19. The van der Waals surface area contributed by atoms with Crippen molar-refractivity contribution < 1.29 is 17.9 Å². The van der Waals surface area contributed by atoms with Gasteiger partial charge in [0.2, 0.25) is 0 Å². The van der Waals surface area contributed by atoms with Crippen molar-refractivity contribution in [3.05, 3.63) is 29.8 Å². The third kappa shape index (κ3) is 4.47. The Hall–Kier alpha value is -1.56. The van der Waals surface area contributed by atoms with E-state index in [0.29, 0.717) is 0 Å². The molecule has 0 aliphatic heterocycles. The molecule has 1 fully saturated rings. The molecule has 5 nitrogen and oxygen atoms in total. The number of nitrogens with one attached hydrogen (secondary N) is 1. The monoisotopic (exact) mass is 339 g/mol. The number of sulfone groups is 1. The summed E-state index contributed by atoms with van der Waals surface area (Å²) in [5.74, 6) is -0.0613. The zero-order chi connectivity index (χ0) is 17.3. The van der Waals surface area contributed by atoms with Crippen molar-refractivity contribution in [3.8, 4) is 0 Å². The van der Waals surface area contributed by atoms with Crippen LogP contribution >= 0.6 is 0 Å². The minimum Gasteiger partial charge on any atom is -0.444 e. The lowest BCUT2D eigenvalue weighted by Gasteiger charge is -2.34. The zero-order valence-electron chi connectivity index (χ0n) is 14.1. The molecule has 2 rings (SSSR count). The van der Waals surface area contributed by atoms with Crippen LogP contribution in [0.5, 0.6) is 0 Å². The van der Waals surface area contributed by atoms with E-state index in [9.17, 15) is 13.2 Å². The molecule has 128 valence electrons. The molecule has 0 saturated heterocycles. The smallest absolute Gasteiger partial charge is 0.408 e. The van der Waals surface area contributed by atoms with Crippen molar-refractivity contribution in [1.29, 1.82) is 0 Å². The van der Waals surface area contributed by atoms with Gasteiger partial charge in [0.15, 0.2) is 9.84 Å². The molecule has 0 radical (unpaired) electrons. The van der Waals surface area contributed by atoms with Crippen molar-refractivity contribution in [2.75, 3.05) is 0 Å². The summed E-state index contributed by atoms with van der Waals surface area (Å²) in [5, 5.41) is 1.64. The largest absolute Gasteiger partial charge is 0.444 e. The third-order valence-corrected chi connectivity index (χ3v) is 6.02. The highest BCUT2D eigenvalue weighted by atomic mass is 32.2. The second-order valence-electron chi connectivity index (χ2n) is 7.12. The van der Waals surface area contributed by atoms with Gasteiger partial charge < -0.3 is 10.1 Å². The van der Waals surface area contributed by atoms with E-state index in [2.05, 4.69) is 5.32 Å². The van der Waals surface area contributed by atoms with Crippen LogP contribution in [-0.2, 0) is 14.6 Å². The fraction of sp³-hybridized carbons (Fsp3) is 0.588. The Morgan fingerprint density at radius 2 is 1.78 bits per heavy atom. The van der Waals surface area contributed by atoms with Gasteiger partial charge in [-0.25, -0.2) is 13.2 Å². The summed E-state index contributed by atoms with van der Waals surface area (Å²) in [7, 11) is -3.64. The molecule has 1 aliphatic rings. The molecule has 1 unspecified atom stereocenters. The highest BCUT2D eigenvalue weighted by Crippen LogP contribution is 2.34. The maximum Gasteiger partial charge on any atom is 0.408 e. The van der Waals surface area contributed by atoms with Crippen LogP contribution < -0.4 is 5.32 Å². The summed E-state index contributed by atoms with van der Waals surface area (Å²) < 4.78 is 31.0. The molecular weight excluding hydrogens is 314 g/mol. The SMILES string of the molecule is Cc1ccc(S(=O)(=O)C(NC(=O)OC(C)(C)C)C2CCC2)cc1. The zero-order valence-corrected chi connectivity index (χ0v) is 14.9. The number of aryl methyl sites for hydroxylation is 1. The fourth-order valence-electron chi connectivity index (χ4n) is 2.49. The number of ether oxygens (including phenoxy) is 1. The summed E-state index contributed by atoms with van der Waals surface area (Å²) in [6, 6.07) is 6.70. The lowest BCUT2D eigenvalue weighted by molar-refractivity contribution is 0.0495. The molecule has 0 aromatic heterocycles. The first-order valence-electron chi connectivity index (χ1n) is 7.90. The number of hydrogen-bond donors (Lipinski definition) is 1. The van der Waals surface area contributed by atoms with Crippen LogP contribution in [0.15, 0.2) is 29.2 Å². The maximum absolute atomic E-state index is 12.9. The molecule has 1 atom stereocenters. The third-order valence-electron chi connectivity index (χ3n) is 3.92. The topological polar surface area (TPSA) is 72.5 Å². The van der Waals surface area contributed by atoms with Gasteiger partial charge in [-0.15, -0.1) is 0 Å². The number of hydrogen-bond acceptors (Lipinski definition) is 4. The van der Waals surface area contributed by atoms with E-state index in [1.54, 1.807) is 45.0 Å². The lowest BCUT2D eigenvalue weighted by atomic mass is 9.85. The minimum absolute atomic E-state index is 0.0613. The summed E-state index contributed by atoms with van der Waals surface area (Å²) in [6.45, 7) is 7.15.